The average Bonchev–Trinajstić information content (AvgIpc) is 4.01. The van der Waals surface area contributed by atoms with Gasteiger partial charge < -0.3 is 78.4 Å². The molecular formula is C46H67N13O10. The van der Waals surface area contributed by atoms with Crippen LogP contribution in [0.4, 0.5) is 0 Å². The van der Waals surface area contributed by atoms with Crippen LogP contribution in [-0.2, 0) is 67.0 Å². The molecule has 6 amide bonds. The van der Waals surface area contributed by atoms with Gasteiger partial charge in [0.1, 0.15) is 37.4 Å². The number of nitrogens with two attached hydrogens (primary N) is 4. The molecule has 23 heteroatoms. The lowest BCUT2D eigenvalue weighted by Gasteiger charge is -2.26. The molecule has 15 N–H and O–H groups in total. The van der Waals surface area contributed by atoms with E-state index in [1.54, 1.807) is 36.5 Å². The molecule has 0 saturated carbocycles. The molecule has 4 rings (SSSR count). The summed E-state index contributed by atoms with van der Waals surface area (Å²) < 4.78 is 21.7. The number of imidazole rings is 1. The summed E-state index contributed by atoms with van der Waals surface area (Å²) in [6.07, 6.45) is 6.24. The Labute approximate surface area is 400 Å². The highest BCUT2D eigenvalue weighted by molar-refractivity contribution is 5.96. The van der Waals surface area contributed by atoms with Crippen LogP contribution in [0.5, 0.6) is 0 Å². The van der Waals surface area contributed by atoms with E-state index >= 15 is 0 Å². The van der Waals surface area contributed by atoms with Crippen LogP contribution in [0.2, 0.25) is 0 Å². The highest BCUT2D eigenvalue weighted by Gasteiger charge is 2.32. The Morgan fingerprint density at radius 1 is 0.638 bits per heavy atom. The van der Waals surface area contributed by atoms with Crippen molar-refractivity contribution in [2.24, 2.45) is 27.9 Å². The van der Waals surface area contributed by atoms with Crippen LogP contribution in [0, 0.1) is 0 Å². The van der Waals surface area contributed by atoms with Crippen molar-refractivity contribution in [2.75, 3.05) is 72.5 Å². The van der Waals surface area contributed by atoms with E-state index < -0.39 is 72.8 Å². The lowest BCUT2D eigenvalue weighted by Crippen LogP contribution is -2.59. The number of aliphatic imine (C=N–C) groups is 1. The molecule has 2 aromatic heterocycles. The van der Waals surface area contributed by atoms with Crippen LogP contribution < -0.4 is 49.5 Å². The topological polar surface area (TPSA) is 360 Å². The first-order valence-corrected chi connectivity index (χ1v) is 22.8. The van der Waals surface area contributed by atoms with E-state index in [9.17, 15) is 28.8 Å². The van der Waals surface area contributed by atoms with E-state index in [-0.39, 0.29) is 44.6 Å². The van der Waals surface area contributed by atoms with Gasteiger partial charge in [-0.25, -0.2) is 4.98 Å². The fourth-order valence-corrected chi connectivity index (χ4v) is 6.87. The van der Waals surface area contributed by atoms with Gasteiger partial charge in [-0.15, -0.1) is 0 Å². The second-order valence-corrected chi connectivity index (χ2v) is 15.9. The molecule has 0 aliphatic carbocycles. The Morgan fingerprint density at radius 2 is 1.26 bits per heavy atom. The predicted octanol–water partition coefficient (Wildman–Crippen LogP) is -1.68. The summed E-state index contributed by atoms with van der Waals surface area (Å²) in [5, 5.41) is 14.4. The minimum atomic E-state index is -1.28. The van der Waals surface area contributed by atoms with Crippen molar-refractivity contribution in [3.05, 3.63) is 90.1 Å². The standard InChI is InChI=1S/C46H67N13O10/c47-14-7-17-66-19-21-68-22-20-67-18-8-16-52-40(60)28-69-29-41(61)56-39(25-33-27-51-30-55-33)45(65)59-38(23-31-9-2-1-3-10-31)44(64)57-36(13-6-15-53-46(49)50)43(63)58-37(42(48)62)24-32-26-54-35-12-5-4-11-34(32)35/h1-5,9-12,26-27,30,36-39,54H,6-8,13-25,28-29,47H2,(H2,48,62)(H,51,55)(H,52,60)(H,56,61)(H,57,64)(H,58,63)(H,59,65)(H4,49,50,53)/t36-,37-,38+,39-/m0/s1. The highest BCUT2D eigenvalue weighted by Crippen LogP contribution is 2.19. The number of amides is 6. The molecular weight excluding hydrogens is 895 g/mol. The predicted molar refractivity (Wildman–Crippen MR) is 256 cm³/mol. The van der Waals surface area contributed by atoms with Gasteiger partial charge in [0.05, 0.1) is 32.8 Å². The zero-order valence-electron chi connectivity index (χ0n) is 38.8. The number of hydrogen-bond acceptors (Lipinski definition) is 13. The van der Waals surface area contributed by atoms with Gasteiger partial charge in [-0.3, -0.25) is 33.8 Å². The number of ether oxygens (including phenoxy) is 4. The number of nitrogens with one attached hydrogen (secondary N) is 7. The molecule has 376 valence electrons. The van der Waals surface area contributed by atoms with Crippen molar-refractivity contribution in [3.8, 4) is 0 Å². The maximum atomic E-state index is 14.3. The summed E-state index contributed by atoms with van der Waals surface area (Å²) in [6, 6.07) is 11.4. The zero-order valence-corrected chi connectivity index (χ0v) is 38.8. The number of nitrogens with zero attached hydrogens (tertiary/aromatic N) is 2. The van der Waals surface area contributed by atoms with Crippen molar-refractivity contribution in [3.63, 3.8) is 0 Å². The normalized spacial score (nSPS) is 12.8. The zero-order chi connectivity index (χ0) is 49.6. The van der Waals surface area contributed by atoms with E-state index in [0.717, 1.165) is 22.9 Å². The quantitative estimate of drug-likeness (QED) is 0.0139. The average molecular weight is 962 g/mol. The number of hydrogen-bond donors (Lipinski definition) is 11. The number of H-pyrrole nitrogens is 2. The Hall–Kier alpha value is -6.92. The summed E-state index contributed by atoms with van der Waals surface area (Å²) in [5.74, 6) is -4.30. The van der Waals surface area contributed by atoms with Crippen LogP contribution in [0.15, 0.2) is 78.3 Å². The molecule has 0 bridgehead atoms. The molecule has 0 radical (unpaired) electrons. The molecule has 4 aromatic rings. The smallest absolute Gasteiger partial charge is 0.246 e. The molecule has 0 fully saturated rings. The molecule has 0 aliphatic heterocycles. The van der Waals surface area contributed by atoms with Gasteiger partial charge in [0.25, 0.3) is 0 Å². The van der Waals surface area contributed by atoms with Crippen LogP contribution >= 0.6 is 0 Å². The van der Waals surface area contributed by atoms with E-state index in [1.807, 2.05) is 24.3 Å². The summed E-state index contributed by atoms with van der Waals surface area (Å²) in [5.41, 5.74) is 25.0. The summed E-state index contributed by atoms with van der Waals surface area (Å²) in [7, 11) is 0. The van der Waals surface area contributed by atoms with Crippen molar-refractivity contribution < 1.29 is 47.7 Å². The van der Waals surface area contributed by atoms with E-state index in [4.69, 9.17) is 41.9 Å². The van der Waals surface area contributed by atoms with Crippen molar-refractivity contribution >= 4 is 52.3 Å². The second-order valence-electron chi connectivity index (χ2n) is 15.9. The minimum absolute atomic E-state index is 0.0131. The van der Waals surface area contributed by atoms with Crippen molar-refractivity contribution in [2.45, 2.75) is 69.1 Å². The largest absolute Gasteiger partial charge is 0.379 e. The number of fused-ring (bicyclic) bond motifs is 1. The van der Waals surface area contributed by atoms with Crippen LogP contribution in [0.25, 0.3) is 10.9 Å². The monoisotopic (exact) mass is 962 g/mol. The van der Waals surface area contributed by atoms with Crippen molar-refractivity contribution in [1.82, 2.24) is 41.5 Å². The van der Waals surface area contributed by atoms with E-state index in [2.05, 4.69) is 46.5 Å². The van der Waals surface area contributed by atoms with E-state index in [1.165, 1.54) is 12.5 Å². The maximum Gasteiger partial charge on any atom is 0.246 e. The van der Waals surface area contributed by atoms with Gasteiger partial charge in [0.15, 0.2) is 5.96 Å². The van der Waals surface area contributed by atoms with Crippen LogP contribution in [0.1, 0.15) is 42.5 Å². The van der Waals surface area contributed by atoms with Crippen molar-refractivity contribution in [1.29, 1.82) is 0 Å². The first kappa shape index (κ1) is 54.7. The molecule has 2 heterocycles. The number of benzene rings is 2. The van der Waals surface area contributed by atoms with Gasteiger partial charge in [0, 0.05) is 74.6 Å². The molecule has 0 saturated heterocycles. The number of primary amides is 1. The molecule has 2 aromatic carbocycles. The minimum Gasteiger partial charge on any atom is -0.379 e. The number of rotatable bonds is 35. The Bertz CT molecular complexity index is 2200. The molecule has 0 unspecified atom stereocenters. The number of guanidine groups is 1. The third kappa shape index (κ3) is 21.3. The highest BCUT2D eigenvalue weighted by atomic mass is 16.5. The van der Waals surface area contributed by atoms with Crippen LogP contribution in [-0.4, -0.2) is 153 Å². The van der Waals surface area contributed by atoms with Gasteiger partial charge in [0.2, 0.25) is 35.4 Å². The molecule has 23 nitrogen and oxygen atoms in total. The first-order valence-electron chi connectivity index (χ1n) is 22.8. The fourth-order valence-electron chi connectivity index (χ4n) is 6.87. The first-order chi connectivity index (χ1) is 33.4. The SMILES string of the molecule is NCCCOCCOCCOCCCNC(=O)COCC(=O)N[C@@H](Cc1cnc[nH]1)C(=O)N[C@H](Cc1ccccc1)C(=O)N[C@@H](CCCN=C(N)N)C(=O)N[C@@H](Cc1c[nH]c2ccccc12)C(N)=O. The summed E-state index contributed by atoms with van der Waals surface area (Å²) in [4.78, 5) is 94.7. The number of aromatic nitrogens is 3. The third-order valence-electron chi connectivity index (χ3n) is 10.4. The Morgan fingerprint density at radius 3 is 1.94 bits per heavy atom. The number of carbonyl (C=O) groups is 6. The molecule has 0 aliphatic rings. The fraction of sp³-hybridized carbons (Fsp3) is 0.478. The van der Waals surface area contributed by atoms with Crippen LogP contribution in [0.3, 0.4) is 0 Å². The lowest BCUT2D eigenvalue weighted by atomic mass is 10.0. The van der Waals surface area contributed by atoms with Gasteiger partial charge in [-0.1, -0.05) is 48.5 Å². The Balaban J connectivity index is 1.36. The van der Waals surface area contributed by atoms with Gasteiger partial charge >= 0.3 is 0 Å². The summed E-state index contributed by atoms with van der Waals surface area (Å²) in [6.45, 7) is 2.80. The lowest BCUT2D eigenvalue weighted by molar-refractivity contribution is -0.135. The molecule has 69 heavy (non-hydrogen) atoms. The van der Waals surface area contributed by atoms with Gasteiger partial charge in [-0.2, -0.15) is 0 Å². The summed E-state index contributed by atoms with van der Waals surface area (Å²) >= 11 is 0. The Kier molecular flexibility index (Phi) is 24.7. The number of aromatic amines is 2. The van der Waals surface area contributed by atoms with Gasteiger partial charge in [-0.05, 0) is 49.4 Å². The third-order valence-corrected chi connectivity index (χ3v) is 10.4. The van der Waals surface area contributed by atoms with E-state index in [0.29, 0.717) is 70.4 Å². The second kappa shape index (κ2) is 31.2. The number of carbonyl (C=O) groups excluding carboxylic acids is 6. The molecule has 0 spiro atoms. The number of para-hydroxylation sites is 1. The molecule has 4 atom stereocenters. The maximum absolute atomic E-state index is 14.3.